The van der Waals surface area contributed by atoms with E-state index in [9.17, 15) is 0 Å². The molecule has 0 bridgehead atoms. The summed E-state index contributed by atoms with van der Waals surface area (Å²) in [6.45, 7) is 5.18. The average Bonchev–Trinajstić information content (AvgIpc) is 2.43. The Morgan fingerprint density at radius 3 is 2.58 bits per heavy atom. The van der Waals surface area contributed by atoms with Crippen molar-refractivity contribution >= 4 is 11.6 Å². The minimum atomic E-state index is 0.0502. The van der Waals surface area contributed by atoms with Crippen molar-refractivity contribution in [3.63, 3.8) is 0 Å². The van der Waals surface area contributed by atoms with Crippen LogP contribution < -0.4 is 5.32 Å². The second-order valence-corrected chi connectivity index (χ2v) is 5.08. The molecule has 1 heterocycles. The summed E-state index contributed by atoms with van der Waals surface area (Å²) in [5, 5.41) is 4.22. The Morgan fingerprint density at radius 1 is 1.21 bits per heavy atom. The number of hydrogen-bond acceptors (Lipinski definition) is 2. The fourth-order valence-corrected chi connectivity index (χ4v) is 2.26. The van der Waals surface area contributed by atoms with Crippen LogP contribution >= 0.6 is 11.6 Å². The van der Waals surface area contributed by atoms with Crippen molar-refractivity contribution in [2.45, 2.75) is 26.3 Å². The van der Waals surface area contributed by atoms with Crippen molar-refractivity contribution < 1.29 is 0 Å². The minimum Gasteiger partial charge on any atom is -0.305 e. The summed E-state index contributed by atoms with van der Waals surface area (Å²) < 4.78 is 0. The van der Waals surface area contributed by atoms with Gasteiger partial charge in [-0.25, -0.2) is 0 Å². The van der Waals surface area contributed by atoms with Gasteiger partial charge in [0.25, 0.3) is 0 Å². The zero-order valence-corrected chi connectivity index (χ0v) is 12.1. The summed E-state index contributed by atoms with van der Waals surface area (Å²) in [5.41, 5.74) is 3.34. The van der Waals surface area contributed by atoms with Gasteiger partial charge in [-0.2, -0.15) is 0 Å². The highest BCUT2D eigenvalue weighted by Gasteiger charge is 2.17. The molecule has 100 valence electrons. The van der Waals surface area contributed by atoms with Crippen molar-refractivity contribution in [3.8, 4) is 0 Å². The molecule has 2 nitrogen and oxygen atoms in total. The molecule has 1 aromatic heterocycles. The lowest BCUT2D eigenvalue weighted by atomic mass is 10.0. The molecule has 0 spiro atoms. The van der Waals surface area contributed by atoms with E-state index in [1.807, 2.05) is 12.1 Å². The number of nitrogens with one attached hydrogen (secondary N) is 1. The molecule has 0 amide bonds. The SMILES string of the molecule is CCCNC(c1ccc(C)cc1)c1ncccc1Cl. The van der Waals surface area contributed by atoms with E-state index >= 15 is 0 Å². The first kappa shape index (κ1) is 14.0. The smallest absolute Gasteiger partial charge is 0.0804 e. The third-order valence-corrected chi connectivity index (χ3v) is 3.39. The summed E-state index contributed by atoms with van der Waals surface area (Å²) in [7, 11) is 0. The lowest BCUT2D eigenvalue weighted by Gasteiger charge is -2.19. The zero-order valence-electron chi connectivity index (χ0n) is 11.4. The molecule has 19 heavy (non-hydrogen) atoms. The number of nitrogens with zero attached hydrogens (tertiary/aromatic N) is 1. The van der Waals surface area contributed by atoms with Gasteiger partial charge in [0.15, 0.2) is 0 Å². The van der Waals surface area contributed by atoms with E-state index in [1.54, 1.807) is 6.20 Å². The Morgan fingerprint density at radius 2 is 1.95 bits per heavy atom. The van der Waals surface area contributed by atoms with Crippen molar-refractivity contribution in [2.24, 2.45) is 0 Å². The molecular weight excluding hydrogens is 256 g/mol. The number of hydrogen-bond donors (Lipinski definition) is 1. The summed E-state index contributed by atoms with van der Waals surface area (Å²) in [6, 6.07) is 12.3. The monoisotopic (exact) mass is 274 g/mol. The number of aromatic nitrogens is 1. The van der Waals surface area contributed by atoms with Gasteiger partial charge in [-0.1, -0.05) is 48.4 Å². The number of halogens is 1. The first-order chi connectivity index (χ1) is 9.22. The van der Waals surface area contributed by atoms with E-state index in [-0.39, 0.29) is 6.04 Å². The lowest BCUT2D eigenvalue weighted by Crippen LogP contribution is -2.24. The van der Waals surface area contributed by atoms with Crippen LogP contribution in [0.25, 0.3) is 0 Å². The van der Waals surface area contributed by atoms with Gasteiger partial charge >= 0.3 is 0 Å². The maximum absolute atomic E-state index is 6.28. The fraction of sp³-hybridized carbons (Fsp3) is 0.312. The Hall–Kier alpha value is -1.38. The molecule has 2 aromatic rings. The van der Waals surface area contributed by atoms with E-state index < -0.39 is 0 Å². The predicted octanol–water partition coefficient (Wildman–Crippen LogP) is 4.13. The summed E-state index contributed by atoms with van der Waals surface area (Å²) >= 11 is 6.28. The first-order valence-electron chi connectivity index (χ1n) is 6.62. The van der Waals surface area contributed by atoms with Crippen LogP contribution in [0.3, 0.4) is 0 Å². The second kappa shape index (κ2) is 6.69. The van der Waals surface area contributed by atoms with Gasteiger partial charge < -0.3 is 5.32 Å². The van der Waals surface area contributed by atoms with Crippen LogP contribution in [0.5, 0.6) is 0 Å². The number of pyridine rings is 1. The Kier molecular flexibility index (Phi) is 4.94. The van der Waals surface area contributed by atoms with Crippen molar-refractivity contribution in [1.82, 2.24) is 10.3 Å². The molecule has 0 saturated heterocycles. The third kappa shape index (κ3) is 3.55. The van der Waals surface area contributed by atoms with E-state index in [0.29, 0.717) is 5.02 Å². The van der Waals surface area contributed by atoms with Gasteiger partial charge in [0, 0.05) is 6.20 Å². The van der Waals surface area contributed by atoms with Crippen LogP contribution in [0.2, 0.25) is 5.02 Å². The van der Waals surface area contributed by atoms with E-state index in [0.717, 1.165) is 18.7 Å². The van der Waals surface area contributed by atoms with Gasteiger partial charge in [0.05, 0.1) is 16.8 Å². The molecule has 0 radical (unpaired) electrons. The number of benzene rings is 1. The molecule has 1 unspecified atom stereocenters. The van der Waals surface area contributed by atoms with Gasteiger partial charge in [-0.05, 0) is 37.6 Å². The van der Waals surface area contributed by atoms with Gasteiger partial charge in [0.2, 0.25) is 0 Å². The summed E-state index contributed by atoms with van der Waals surface area (Å²) in [6.07, 6.45) is 2.86. The number of rotatable bonds is 5. The molecule has 0 aliphatic rings. The van der Waals surface area contributed by atoms with E-state index in [2.05, 4.69) is 48.4 Å². The van der Waals surface area contributed by atoms with Crippen LogP contribution in [0.1, 0.15) is 36.2 Å². The third-order valence-electron chi connectivity index (χ3n) is 3.07. The molecule has 0 saturated carbocycles. The van der Waals surface area contributed by atoms with Crippen molar-refractivity contribution in [1.29, 1.82) is 0 Å². The van der Waals surface area contributed by atoms with Gasteiger partial charge in [-0.3, -0.25) is 4.98 Å². The highest BCUT2D eigenvalue weighted by molar-refractivity contribution is 6.31. The lowest BCUT2D eigenvalue weighted by molar-refractivity contribution is 0.586. The largest absolute Gasteiger partial charge is 0.305 e. The summed E-state index contributed by atoms with van der Waals surface area (Å²) in [5.74, 6) is 0. The van der Waals surface area contributed by atoms with E-state index in [1.165, 1.54) is 11.1 Å². The zero-order chi connectivity index (χ0) is 13.7. The Bertz CT molecular complexity index is 523. The molecule has 0 aliphatic carbocycles. The molecule has 1 N–H and O–H groups in total. The van der Waals surface area contributed by atoms with Crippen LogP contribution in [0.15, 0.2) is 42.6 Å². The normalized spacial score (nSPS) is 12.4. The minimum absolute atomic E-state index is 0.0502. The van der Waals surface area contributed by atoms with Crippen LogP contribution in [0, 0.1) is 6.92 Å². The van der Waals surface area contributed by atoms with Gasteiger partial charge in [-0.15, -0.1) is 0 Å². The summed E-state index contributed by atoms with van der Waals surface area (Å²) in [4.78, 5) is 4.44. The Labute approximate surface area is 119 Å². The molecule has 2 rings (SSSR count). The maximum Gasteiger partial charge on any atom is 0.0804 e. The van der Waals surface area contributed by atoms with E-state index in [4.69, 9.17) is 11.6 Å². The van der Waals surface area contributed by atoms with Crippen LogP contribution in [0.4, 0.5) is 0 Å². The first-order valence-corrected chi connectivity index (χ1v) is 7.00. The van der Waals surface area contributed by atoms with Crippen molar-refractivity contribution in [2.75, 3.05) is 6.54 Å². The quantitative estimate of drug-likeness (QED) is 0.887. The standard InChI is InChI=1S/C16H19ClN2/c1-3-10-18-15(13-8-6-12(2)7-9-13)16-14(17)5-4-11-19-16/h4-9,11,15,18H,3,10H2,1-2H3. The van der Waals surface area contributed by atoms with Crippen LogP contribution in [-0.4, -0.2) is 11.5 Å². The Balaban J connectivity index is 2.35. The highest BCUT2D eigenvalue weighted by atomic mass is 35.5. The van der Waals surface area contributed by atoms with Crippen LogP contribution in [-0.2, 0) is 0 Å². The maximum atomic E-state index is 6.28. The predicted molar refractivity (Wildman–Crippen MR) is 80.6 cm³/mol. The van der Waals surface area contributed by atoms with Crippen molar-refractivity contribution in [3.05, 3.63) is 64.4 Å². The molecule has 0 fully saturated rings. The second-order valence-electron chi connectivity index (χ2n) is 4.67. The topological polar surface area (TPSA) is 24.9 Å². The molecule has 1 atom stereocenters. The molecule has 3 heteroatoms. The molecular formula is C16H19ClN2. The highest BCUT2D eigenvalue weighted by Crippen LogP contribution is 2.26. The fourth-order valence-electron chi connectivity index (χ4n) is 2.03. The number of aryl methyl sites for hydroxylation is 1. The molecule has 0 aliphatic heterocycles. The average molecular weight is 275 g/mol. The molecule has 1 aromatic carbocycles. The van der Waals surface area contributed by atoms with Gasteiger partial charge in [0.1, 0.15) is 0 Å².